The van der Waals surface area contributed by atoms with E-state index in [2.05, 4.69) is 20.8 Å². The van der Waals surface area contributed by atoms with Crippen LogP contribution < -0.4 is 0 Å². The van der Waals surface area contributed by atoms with Crippen LogP contribution in [0.4, 0.5) is 0 Å². The fourth-order valence-electron chi connectivity index (χ4n) is 0.882. The molecule has 0 spiro atoms. The van der Waals surface area contributed by atoms with Crippen LogP contribution in [0.25, 0.3) is 0 Å². The Balaban J connectivity index is 3.17. The predicted molar refractivity (Wildman–Crippen MR) is 56.1 cm³/mol. The molecule has 0 aliphatic heterocycles. The highest BCUT2D eigenvalue weighted by atomic mass is 16.5. The van der Waals surface area contributed by atoms with Gasteiger partial charge in [0.25, 0.3) is 0 Å². The minimum Gasteiger partial charge on any atom is -0.466 e. The normalized spacial score (nSPS) is 12.9. The molecule has 0 aromatic carbocycles. The van der Waals surface area contributed by atoms with Crippen molar-refractivity contribution in [3.8, 4) is 0 Å². The number of unbranched alkanes of at least 4 members (excludes halogenated alkanes) is 1. The molecule has 0 aromatic heterocycles. The fourth-order valence-corrected chi connectivity index (χ4v) is 0.882. The summed E-state index contributed by atoms with van der Waals surface area (Å²) in [6.45, 7) is 9.05. The largest absolute Gasteiger partial charge is 0.466 e. The molecule has 0 fully saturated rings. The third-order valence-electron chi connectivity index (χ3n) is 2.16. The third kappa shape index (κ3) is 8.05. The highest BCUT2D eigenvalue weighted by Gasteiger charge is 2.05. The quantitative estimate of drug-likeness (QED) is 0.469. The van der Waals surface area contributed by atoms with E-state index in [0.29, 0.717) is 18.6 Å². The van der Waals surface area contributed by atoms with Gasteiger partial charge < -0.3 is 9.47 Å². The average Bonchev–Trinajstić information content (AvgIpc) is 2.09. The SMILES string of the molecule is CC(=O)OCCCCO[C@H](C)C(C)C. The van der Waals surface area contributed by atoms with Crippen LogP contribution in [0.3, 0.4) is 0 Å². The van der Waals surface area contributed by atoms with E-state index in [0.717, 1.165) is 19.4 Å². The molecule has 0 aliphatic carbocycles. The summed E-state index contributed by atoms with van der Waals surface area (Å²) < 4.78 is 10.4. The van der Waals surface area contributed by atoms with E-state index in [9.17, 15) is 4.79 Å². The molecule has 0 saturated carbocycles. The van der Waals surface area contributed by atoms with E-state index in [4.69, 9.17) is 9.47 Å². The molecule has 0 aromatic rings. The van der Waals surface area contributed by atoms with Crippen molar-refractivity contribution < 1.29 is 14.3 Å². The lowest BCUT2D eigenvalue weighted by molar-refractivity contribution is -0.141. The van der Waals surface area contributed by atoms with Gasteiger partial charge in [-0.3, -0.25) is 4.79 Å². The summed E-state index contributed by atoms with van der Waals surface area (Å²) in [6.07, 6.45) is 2.14. The second-order valence-electron chi connectivity index (χ2n) is 3.87. The van der Waals surface area contributed by atoms with Gasteiger partial charge in [-0.15, -0.1) is 0 Å². The summed E-state index contributed by atoms with van der Waals surface area (Å²) in [7, 11) is 0. The van der Waals surface area contributed by atoms with Crippen molar-refractivity contribution in [1.29, 1.82) is 0 Å². The van der Waals surface area contributed by atoms with E-state index in [1.807, 2.05) is 0 Å². The Morgan fingerprint density at radius 1 is 1.14 bits per heavy atom. The van der Waals surface area contributed by atoms with E-state index in [-0.39, 0.29) is 5.97 Å². The Morgan fingerprint density at radius 2 is 1.71 bits per heavy atom. The molecule has 0 amide bonds. The van der Waals surface area contributed by atoms with E-state index in [1.165, 1.54) is 6.92 Å². The van der Waals surface area contributed by atoms with Gasteiger partial charge in [0.05, 0.1) is 12.7 Å². The van der Waals surface area contributed by atoms with Crippen LogP contribution >= 0.6 is 0 Å². The van der Waals surface area contributed by atoms with E-state index in [1.54, 1.807) is 0 Å². The molecule has 0 unspecified atom stereocenters. The van der Waals surface area contributed by atoms with Crippen molar-refractivity contribution in [3.63, 3.8) is 0 Å². The third-order valence-corrected chi connectivity index (χ3v) is 2.16. The van der Waals surface area contributed by atoms with Gasteiger partial charge in [0.1, 0.15) is 0 Å². The lowest BCUT2D eigenvalue weighted by Crippen LogP contribution is -2.16. The van der Waals surface area contributed by atoms with Crippen LogP contribution in [-0.4, -0.2) is 25.3 Å². The summed E-state index contributed by atoms with van der Waals surface area (Å²) in [5, 5.41) is 0. The fraction of sp³-hybridized carbons (Fsp3) is 0.909. The van der Waals surface area contributed by atoms with Gasteiger partial charge in [0, 0.05) is 13.5 Å². The topological polar surface area (TPSA) is 35.5 Å². The number of esters is 1. The molecule has 14 heavy (non-hydrogen) atoms. The molecular formula is C11H22O3. The Kier molecular flexibility index (Phi) is 7.48. The zero-order chi connectivity index (χ0) is 11.0. The predicted octanol–water partition coefficient (Wildman–Crippen LogP) is 2.39. The van der Waals surface area contributed by atoms with Crippen molar-refractivity contribution in [2.75, 3.05) is 13.2 Å². The van der Waals surface area contributed by atoms with Gasteiger partial charge >= 0.3 is 5.97 Å². The summed E-state index contributed by atoms with van der Waals surface area (Å²) in [5.41, 5.74) is 0. The molecule has 0 saturated heterocycles. The maximum atomic E-state index is 10.4. The molecule has 0 bridgehead atoms. The maximum absolute atomic E-state index is 10.4. The molecule has 84 valence electrons. The summed E-state index contributed by atoms with van der Waals surface area (Å²) in [6, 6.07) is 0. The molecule has 0 rings (SSSR count). The number of ether oxygens (including phenoxy) is 2. The molecule has 0 radical (unpaired) electrons. The summed E-state index contributed by atoms with van der Waals surface area (Å²) in [5.74, 6) is 0.352. The van der Waals surface area contributed by atoms with Gasteiger partial charge in [-0.25, -0.2) is 0 Å². The first-order valence-electron chi connectivity index (χ1n) is 5.29. The van der Waals surface area contributed by atoms with Crippen LogP contribution in [0.1, 0.15) is 40.5 Å². The smallest absolute Gasteiger partial charge is 0.302 e. The molecule has 0 heterocycles. The molecule has 0 aliphatic rings. The molecule has 3 nitrogen and oxygen atoms in total. The average molecular weight is 202 g/mol. The molecule has 0 N–H and O–H groups in total. The van der Waals surface area contributed by atoms with Crippen molar-refractivity contribution in [2.45, 2.75) is 46.6 Å². The second kappa shape index (κ2) is 7.80. The van der Waals surface area contributed by atoms with Gasteiger partial charge in [0.2, 0.25) is 0 Å². The van der Waals surface area contributed by atoms with Gasteiger partial charge in [-0.1, -0.05) is 13.8 Å². The van der Waals surface area contributed by atoms with Crippen molar-refractivity contribution in [1.82, 2.24) is 0 Å². The highest BCUT2D eigenvalue weighted by Crippen LogP contribution is 2.05. The Bertz CT molecular complexity index is 155. The van der Waals surface area contributed by atoms with Crippen molar-refractivity contribution in [2.24, 2.45) is 5.92 Å². The van der Waals surface area contributed by atoms with Crippen LogP contribution in [0.5, 0.6) is 0 Å². The highest BCUT2D eigenvalue weighted by molar-refractivity contribution is 5.65. The first kappa shape index (κ1) is 13.4. The number of carbonyl (C=O) groups is 1. The zero-order valence-corrected chi connectivity index (χ0v) is 9.71. The van der Waals surface area contributed by atoms with Crippen LogP contribution in [0.2, 0.25) is 0 Å². The number of hydrogen-bond donors (Lipinski definition) is 0. The molecule has 3 heteroatoms. The van der Waals surface area contributed by atoms with Crippen molar-refractivity contribution >= 4 is 5.97 Å². The summed E-state index contributed by atoms with van der Waals surface area (Å²) in [4.78, 5) is 10.4. The van der Waals surface area contributed by atoms with Gasteiger partial charge in [-0.2, -0.15) is 0 Å². The standard InChI is InChI=1S/C11H22O3/c1-9(2)10(3)13-7-5-6-8-14-11(4)12/h9-10H,5-8H2,1-4H3/t10-/m1/s1. The maximum Gasteiger partial charge on any atom is 0.302 e. The van der Waals surface area contributed by atoms with Gasteiger partial charge in [0.15, 0.2) is 0 Å². The first-order chi connectivity index (χ1) is 6.54. The summed E-state index contributed by atoms with van der Waals surface area (Å²) >= 11 is 0. The second-order valence-corrected chi connectivity index (χ2v) is 3.87. The lowest BCUT2D eigenvalue weighted by atomic mass is 10.1. The van der Waals surface area contributed by atoms with Crippen molar-refractivity contribution in [3.05, 3.63) is 0 Å². The van der Waals surface area contributed by atoms with E-state index >= 15 is 0 Å². The van der Waals surface area contributed by atoms with Crippen LogP contribution in [0.15, 0.2) is 0 Å². The Labute approximate surface area is 86.8 Å². The number of carbonyl (C=O) groups excluding carboxylic acids is 1. The minimum absolute atomic E-state index is 0.207. The zero-order valence-electron chi connectivity index (χ0n) is 9.71. The van der Waals surface area contributed by atoms with Crippen LogP contribution in [0, 0.1) is 5.92 Å². The molecular weight excluding hydrogens is 180 g/mol. The van der Waals surface area contributed by atoms with E-state index < -0.39 is 0 Å². The number of hydrogen-bond acceptors (Lipinski definition) is 3. The monoisotopic (exact) mass is 202 g/mol. The number of rotatable bonds is 7. The van der Waals surface area contributed by atoms with Crippen LogP contribution in [-0.2, 0) is 14.3 Å². The Hall–Kier alpha value is -0.570. The first-order valence-corrected chi connectivity index (χ1v) is 5.29. The molecule has 1 atom stereocenters. The Morgan fingerprint density at radius 3 is 2.21 bits per heavy atom. The minimum atomic E-state index is -0.207. The van der Waals surface area contributed by atoms with Gasteiger partial charge in [-0.05, 0) is 25.7 Å². The lowest BCUT2D eigenvalue weighted by Gasteiger charge is -2.16.